The van der Waals surface area contributed by atoms with Crippen molar-refractivity contribution in [2.45, 2.75) is 32.9 Å². The molecule has 0 bridgehead atoms. The molecule has 1 atom stereocenters. The predicted octanol–water partition coefficient (Wildman–Crippen LogP) is 1.80. The van der Waals surface area contributed by atoms with Gasteiger partial charge in [0, 0.05) is 11.6 Å². The van der Waals surface area contributed by atoms with E-state index in [1.807, 2.05) is 13.8 Å². The maximum absolute atomic E-state index is 11.7. The fraction of sp³-hybridized carbons (Fsp3) is 0.500. The van der Waals surface area contributed by atoms with Gasteiger partial charge in [0.05, 0.1) is 24.1 Å². The Balaban J connectivity index is 2.55. The third-order valence-corrected chi connectivity index (χ3v) is 2.94. The number of para-hydroxylation sites is 1. The van der Waals surface area contributed by atoms with Gasteiger partial charge in [-0.15, -0.1) is 0 Å². The van der Waals surface area contributed by atoms with E-state index in [9.17, 15) is 20.0 Å². The van der Waals surface area contributed by atoms with Crippen molar-refractivity contribution in [2.24, 2.45) is 5.92 Å². The molecule has 1 rings (SSSR count). The summed E-state index contributed by atoms with van der Waals surface area (Å²) in [4.78, 5) is 22.1. The maximum atomic E-state index is 11.7. The highest BCUT2D eigenvalue weighted by Crippen LogP contribution is 2.17. The predicted molar refractivity (Wildman–Crippen MR) is 78.8 cm³/mol. The van der Waals surface area contributed by atoms with Gasteiger partial charge >= 0.3 is 6.03 Å². The molecule has 21 heavy (non-hydrogen) atoms. The van der Waals surface area contributed by atoms with Gasteiger partial charge in [-0.25, -0.2) is 4.79 Å². The van der Waals surface area contributed by atoms with E-state index >= 15 is 0 Å². The number of benzene rings is 1. The zero-order valence-electron chi connectivity index (χ0n) is 12.2. The van der Waals surface area contributed by atoms with Gasteiger partial charge in [0.2, 0.25) is 0 Å². The molecule has 116 valence electrons. The number of aliphatic hydroxyl groups is 1. The minimum Gasteiger partial charge on any atom is -0.394 e. The number of nitrogens with one attached hydrogen (secondary N) is 2. The normalized spacial score (nSPS) is 12.0. The van der Waals surface area contributed by atoms with Gasteiger partial charge in [-0.2, -0.15) is 0 Å². The lowest BCUT2D eigenvalue weighted by molar-refractivity contribution is -0.385. The second-order valence-corrected chi connectivity index (χ2v) is 5.22. The van der Waals surface area contributed by atoms with Gasteiger partial charge in [-0.3, -0.25) is 10.1 Å². The zero-order valence-corrected chi connectivity index (χ0v) is 12.2. The Morgan fingerprint density at radius 2 is 2.05 bits per heavy atom. The highest BCUT2D eigenvalue weighted by molar-refractivity contribution is 5.74. The third-order valence-electron chi connectivity index (χ3n) is 2.94. The van der Waals surface area contributed by atoms with Crippen LogP contribution in [0, 0.1) is 16.0 Å². The van der Waals surface area contributed by atoms with E-state index in [1.165, 1.54) is 6.07 Å². The van der Waals surface area contributed by atoms with E-state index in [1.54, 1.807) is 18.2 Å². The van der Waals surface area contributed by atoms with Gasteiger partial charge in [0.1, 0.15) is 0 Å². The summed E-state index contributed by atoms with van der Waals surface area (Å²) < 4.78 is 0. The minimum atomic E-state index is -0.482. The molecule has 0 fully saturated rings. The number of carbonyl (C=O) groups is 1. The number of nitro benzene ring substituents is 1. The number of hydrogen-bond acceptors (Lipinski definition) is 4. The number of rotatable bonds is 7. The first kappa shape index (κ1) is 16.9. The minimum absolute atomic E-state index is 0.0290. The number of nitrogens with zero attached hydrogens (tertiary/aromatic N) is 1. The average Bonchev–Trinajstić information content (AvgIpc) is 2.44. The summed E-state index contributed by atoms with van der Waals surface area (Å²) in [5, 5.41) is 25.3. The molecule has 1 aromatic carbocycles. The zero-order chi connectivity index (χ0) is 15.8. The molecule has 0 saturated carbocycles. The number of carbonyl (C=O) groups excluding carboxylic acids is 1. The molecule has 0 aromatic heterocycles. The molecule has 0 saturated heterocycles. The highest BCUT2D eigenvalue weighted by atomic mass is 16.6. The van der Waals surface area contributed by atoms with Gasteiger partial charge < -0.3 is 15.7 Å². The van der Waals surface area contributed by atoms with Crippen molar-refractivity contribution >= 4 is 11.7 Å². The van der Waals surface area contributed by atoms with E-state index in [0.717, 1.165) is 0 Å². The van der Waals surface area contributed by atoms with E-state index in [4.69, 9.17) is 0 Å². The average molecular weight is 295 g/mol. The lowest BCUT2D eigenvalue weighted by Gasteiger charge is -2.18. The van der Waals surface area contributed by atoms with Crippen LogP contribution in [-0.2, 0) is 6.54 Å². The van der Waals surface area contributed by atoms with E-state index in [-0.39, 0.29) is 24.9 Å². The van der Waals surface area contributed by atoms with Crippen LogP contribution in [0.1, 0.15) is 25.8 Å². The molecule has 0 aliphatic carbocycles. The molecule has 0 aliphatic rings. The first-order valence-electron chi connectivity index (χ1n) is 6.81. The topological polar surface area (TPSA) is 104 Å². The van der Waals surface area contributed by atoms with Gasteiger partial charge in [0.15, 0.2) is 0 Å². The summed E-state index contributed by atoms with van der Waals surface area (Å²) in [7, 11) is 0. The Hall–Kier alpha value is -2.15. The van der Waals surface area contributed by atoms with Crippen LogP contribution in [0.3, 0.4) is 0 Å². The first-order valence-corrected chi connectivity index (χ1v) is 6.81. The number of amides is 2. The molecule has 2 amide bonds. The second-order valence-electron chi connectivity index (χ2n) is 5.22. The third kappa shape index (κ3) is 5.78. The SMILES string of the molecule is CC(C)CC(CO)NC(=O)NCc1ccccc1[N+](=O)[O-]. The lowest BCUT2D eigenvalue weighted by atomic mass is 10.0. The quantitative estimate of drug-likeness (QED) is 0.527. The van der Waals surface area contributed by atoms with Gasteiger partial charge in [-0.1, -0.05) is 32.0 Å². The summed E-state index contributed by atoms with van der Waals surface area (Å²) in [6.45, 7) is 3.91. The van der Waals surface area contributed by atoms with Crippen molar-refractivity contribution in [3.63, 3.8) is 0 Å². The van der Waals surface area contributed by atoms with E-state index < -0.39 is 11.0 Å². The van der Waals surface area contributed by atoms with Crippen LogP contribution < -0.4 is 10.6 Å². The highest BCUT2D eigenvalue weighted by Gasteiger charge is 2.15. The fourth-order valence-electron chi connectivity index (χ4n) is 2.00. The summed E-state index contributed by atoms with van der Waals surface area (Å²) in [5.41, 5.74) is 0.403. The molecule has 7 heteroatoms. The Morgan fingerprint density at radius 1 is 1.38 bits per heavy atom. The van der Waals surface area contributed by atoms with Crippen molar-refractivity contribution in [1.82, 2.24) is 10.6 Å². The van der Waals surface area contributed by atoms with Crippen LogP contribution in [-0.4, -0.2) is 28.7 Å². The number of nitro groups is 1. The molecule has 1 unspecified atom stereocenters. The van der Waals surface area contributed by atoms with Crippen molar-refractivity contribution in [1.29, 1.82) is 0 Å². The Morgan fingerprint density at radius 3 is 2.62 bits per heavy atom. The molecular weight excluding hydrogens is 274 g/mol. The molecular formula is C14H21N3O4. The number of aliphatic hydroxyl groups excluding tert-OH is 1. The Kier molecular flexibility index (Phi) is 6.61. The van der Waals surface area contributed by atoms with E-state index in [2.05, 4.69) is 10.6 Å². The lowest BCUT2D eigenvalue weighted by Crippen LogP contribution is -2.44. The smallest absolute Gasteiger partial charge is 0.315 e. The summed E-state index contributed by atoms with van der Waals surface area (Å²) in [6.07, 6.45) is 0.662. The molecule has 1 aromatic rings. The molecule has 0 heterocycles. The second kappa shape index (κ2) is 8.21. The largest absolute Gasteiger partial charge is 0.394 e. The number of urea groups is 1. The van der Waals surface area contributed by atoms with Crippen molar-refractivity contribution < 1.29 is 14.8 Å². The number of hydrogen-bond donors (Lipinski definition) is 3. The molecule has 0 spiro atoms. The molecule has 0 radical (unpaired) electrons. The Bertz CT molecular complexity index is 491. The molecule has 3 N–H and O–H groups in total. The van der Waals surface area contributed by atoms with Gasteiger partial charge in [0.25, 0.3) is 5.69 Å². The van der Waals surface area contributed by atoms with Crippen LogP contribution in [0.5, 0.6) is 0 Å². The van der Waals surface area contributed by atoms with Crippen molar-refractivity contribution in [3.8, 4) is 0 Å². The summed E-state index contributed by atoms with van der Waals surface area (Å²) in [6, 6.07) is 5.47. The monoisotopic (exact) mass is 295 g/mol. The van der Waals surface area contributed by atoms with Crippen LogP contribution >= 0.6 is 0 Å². The maximum Gasteiger partial charge on any atom is 0.315 e. The van der Waals surface area contributed by atoms with Crippen LogP contribution in [0.4, 0.5) is 10.5 Å². The first-order chi connectivity index (χ1) is 9.93. The van der Waals surface area contributed by atoms with Crippen LogP contribution in [0.2, 0.25) is 0 Å². The molecule has 0 aliphatic heterocycles. The van der Waals surface area contributed by atoms with Crippen molar-refractivity contribution in [2.75, 3.05) is 6.61 Å². The molecule has 7 nitrogen and oxygen atoms in total. The Labute approximate surface area is 123 Å². The van der Waals surface area contributed by atoms with Gasteiger partial charge in [-0.05, 0) is 12.3 Å². The van der Waals surface area contributed by atoms with Crippen molar-refractivity contribution in [3.05, 3.63) is 39.9 Å². The standard InChI is InChI=1S/C14H21N3O4/c1-10(2)7-12(9-18)16-14(19)15-8-11-5-3-4-6-13(11)17(20)21/h3-6,10,12,18H,7-9H2,1-2H3,(H2,15,16,19). The fourth-order valence-corrected chi connectivity index (χ4v) is 2.00. The summed E-state index contributed by atoms with van der Waals surface area (Å²) >= 11 is 0. The van der Waals surface area contributed by atoms with Crippen LogP contribution in [0.15, 0.2) is 24.3 Å². The summed E-state index contributed by atoms with van der Waals surface area (Å²) in [5.74, 6) is 0.345. The van der Waals surface area contributed by atoms with Crippen LogP contribution in [0.25, 0.3) is 0 Å². The van der Waals surface area contributed by atoms with E-state index in [0.29, 0.717) is 17.9 Å².